The molecule has 1 N–H and O–H groups in total. The topological polar surface area (TPSA) is 55.2 Å². The summed E-state index contributed by atoms with van der Waals surface area (Å²) in [4.78, 5) is 8.20. The number of methoxy groups -OCH3 is 1. The van der Waals surface area contributed by atoms with Crippen LogP contribution < -0.4 is 4.74 Å². The Morgan fingerprint density at radius 1 is 1.07 bits per heavy atom. The quantitative estimate of drug-likeness (QED) is 0.807. The number of nitrogens with zero attached hydrogens (tertiary/aromatic N) is 2. The van der Waals surface area contributed by atoms with Gasteiger partial charge in [-0.3, -0.25) is 9.97 Å². The summed E-state index contributed by atoms with van der Waals surface area (Å²) in [6, 6.07) is 6.77. The molecule has 4 heteroatoms. The Hall–Kier alpha value is -2.10. The summed E-state index contributed by atoms with van der Waals surface area (Å²) in [6.07, 6.45) is 3.23. The van der Waals surface area contributed by atoms with Gasteiger partial charge < -0.3 is 9.84 Å². The molecule has 0 aromatic carbocycles. The van der Waals surface area contributed by atoms with Gasteiger partial charge in [0.2, 0.25) is 0 Å². The molecule has 0 radical (unpaired) electrons. The molecule has 0 fully saturated rings. The minimum atomic E-state index is 0.0921. The van der Waals surface area contributed by atoms with Crippen molar-refractivity contribution in [2.75, 3.05) is 7.11 Å². The van der Waals surface area contributed by atoms with Crippen LogP contribution in [0.2, 0.25) is 0 Å². The fourth-order valence-corrected chi connectivity index (χ4v) is 1.31. The molecule has 0 atom stereocenters. The fraction of sp³-hybridized carbons (Fsp3) is 0.0909. The van der Waals surface area contributed by atoms with E-state index < -0.39 is 0 Å². The second-order valence-electron chi connectivity index (χ2n) is 2.93. The predicted octanol–water partition coefficient (Wildman–Crippen LogP) is 1.86. The number of rotatable bonds is 2. The Bertz CT molecular complexity index is 472. The van der Waals surface area contributed by atoms with E-state index in [0.717, 1.165) is 0 Å². The maximum Gasteiger partial charge on any atom is 0.146 e. The Morgan fingerprint density at radius 3 is 2.40 bits per heavy atom. The van der Waals surface area contributed by atoms with E-state index in [1.165, 1.54) is 0 Å². The summed E-state index contributed by atoms with van der Waals surface area (Å²) >= 11 is 0. The Balaban J connectivity index is 2.59. The van der Waals surface area contributed by atoms with Gasteiger partial charge in [0.1, 0.15) is 22.9 Å². The van der Waals surface area contributed by atoms with Crippen LogP contribution in [0.5, 0.6) is 11.5 Å². The molecule has 0 amide bonds. The zero-order chi connectivity index (χ0) is 10.7. The van der Waals surface area contributed by atoms with Gasteiger partial charge in [0.25, 0.3) is 0 Å². The predicted molar refractivity (Wildman–Crippen MR) is 55.7 cm³/mol. The largest absolute Gasteiger partial charge is 0.506 e. The number of aromatic hydroxyl groups is 1. The first-order chi connectivity index (χ1) is 7.33. The van der Waals surface area contributed by atoms with Crippen LogP contribution in [0.3, 0.4) is 0 Å². The van der Waals surface area contributed by atoms with Crippen LogP contribution in [0, 0.1) is 0 Å². The Morgan fingerprint density at radius 2 is 1.73 bits per heavy atom. The lowest BCUT2D eigenvalue weighted by Gasteiger charge is -2.06. The Labute approximate surface area is 87.2 Å². The molecule has 2 heterocycles. The van der Waals surface area contributed by atoms with Crippen molar-refractivity contribution in [3.63, 3.8) is 0 Å². The van der Waals surface area contributed by atoms with E-state index in [2.05, 4.69) is 9.97 Å². The molecule has 2 rings (SSSR count). The molecule has 0 bridgehead atoms. The molecular weight excluding hydrogens is 192 g/mol. The first-order valence-electron chi connectivity index (χ1n) is 4.46. The molecule has 0 aliphatic carbocycles. The van der Waals surface area contributed by atoms with Crippen LogP contribution in [0.25, 0.3) is 11.4 Å². The molecule has 2 aromatic heterocycles. The van der Waals surface area contributed by atoms with Gasteiger partial charge >= 0.3 is 0 Å². The van der Waals surface area contributed by atoms with E-state index in [-0.39, 0.29) is 5.75 Å². The van der Waals surface area contributed by atoms with Crippen molar-refractivity contribution in [3.05, 3.63) is 36.7 Å². The van der Waals surface area contributed by atoms with Gasteiger partial charge in [-0.25, -0.2) is 0 Å². The van der Waals surface area contributed by atoms with Gasteiger partial charge in [-0.2, -0.15) is 0 Å². The first-order valence-corrected chi connectivity index (χ1v) is 4.46. The molecule has 0 aliphatic heterocycles. The van der Waals surface area contributed by atoms with Gasteiger partial charge in [-0.1, -0.05) is 0 Å². The average molecular weight is 202 g/mol. The minimum absolute atomic E-state index is 0.0921. The summed E-state index contributed by atoms with van der Waals surface area (Å²) in [6.45, 7) is 0. The minimum Gasteiger partial charge on any atom is -0.506 e. The molecular formula is C11H10N2O2. The maximum atomic E-state index is 9.63. The lowest BCUT2D eigenvalue weighted by molar-refractivity contribution is 0.413. The highest BCUT2D eigenvalue weighted by Gasteiger charge is 2.11. The van der Waals surface area contributed by atoms with Crippen LogP contribution in [-0.4, -0.2) is 22.2 Å². The van der Waals surface area contributed by atoms with Crippen molar-refractivity contribution in [2.45, 2.75) is 0 Å². The third-order valence-electron chi connectivity index (χ3n) is 2.00. The second kappa shape index (κ2) is 3.96. The Kier molecular flexibility index (Phi) is 2.49. The van der Waals surface area contributed by atoms with Gasteiger partial charge in [-0.15, -0.1) is 0 Å². The van der Waals surface area contributed by atoms with Gasteiger partial charge in [0.05, 0.1) is 7.11 Å². The number of hydrogen-bond donors (Lipinski definition) is 1. The normalized spacial score (nSPS) is 9.93. The summed E-state index contributed by atoms with van der Waals surface area (Å²) in [7, 11) is 1.56. The lowest BCUT2D eigenvalue weighted by Crippen LogP contribution is -1.92. The second-order valence-corrected chi connectivity index (χ2v) is 2.93. The standard InChI is InChI=1S/C11H10N2O2/c1-15-9-5-3-7-13-11(9)10-8(14)4-2-6-12-10/h2-7,14H,1H3. The van der Waals surface area contributed by atoms with Crippen molar-refractivity contribution >= 4 is 0 Å². The maximum absolute atomic E-state index is 9.63. The smallest absolute Gasteiger partial charge is 0.146 e. The lowest BCUT2D eigenvalue weighted by atomic mass is 10.2. The highest BCUT2D eigenvalue weighted by molar-refractivity contribution is 5.67. The molecule has 0 spiro atoms. The van der Waals surface area contributed by atoms with E-state index in [9.17, 15) is 5.11 Å². The first kappa shape index (κ1) is 9.45. The number of hydrogen-bond acceptors (Lipinski definition) is 4. The molecule has 15 heavy (non-hydrogen) atoms. The van der Waals surface area contributed by atoms with Crippen LogP contribution >= 0.6 is 0 Å². The van der Waals surface area contributed by atoms with Crippen molar-refractivity contribution in [3.8, 4) is 22.9 Å². The van der Waals surface area contributed by atoms with Crippen molar-refractivity contribution in [1.29, 1.82) is 0 Å². The number of aromatic nitrogens is 2. The molecule has 0 saturated carbocycles. The van der Waals surface area contributed by atoms with E-state index in [1.807, 2.05) is 0 Å². The van der Waals surface area contributed by atoms with Gasteiger partial charge in [-0.05, 0) is 24.3 Å². The fourth-order valence-electron chi connectivity index (χ4n) is 1.31. The third kappa shape index (κ3) is 1.74. The summed E-state index contributed by atoms with van der Waals surface area (Å²) in [5, 5.41) is 9.63. The molecule has 0 unspecified atom stereocenters. The zero-order valence-corrected chi connectivity index (χ0v) is 8.21. The van der Waals surface area contributed by atoms with Crippen molar-refractivity contribution in [1.82, 2.24) is 9.97 Å². The highest BCUT2D eigenvalue weighted by Crippen LogP contribution is 2.31. The van der Waals surface area contributed by atoms with Gasteiger partial charge in [0.15, 0.2) is 0 Å². The average Bonchev–Trinajstić information content (AvgIpc) is 2.30. The molecule has 0 aliphatic rings. The third-order valence-corrected chi connectivity index (χ3v) is 2.00. The summed E-state index contributed by atoms with van der Waals surface area (Å²) < 4.78 is 5.14. The molecule has 4 nitrogen and oxygen atoms in total. The number of ether oxygens (including phenoxy) is 1. The monoisotopic (exact) mass is 202 g/mol. The zero-order valence-electron chi connectivity index (χ0n) is 8.21. The molecule has 0 saturated heterocycles. The van der Waals surface area contributed by atoms with Gasteiger partial charge in [0, 0.05) is 12.4 Å². The van der Waals surface area contributed by atoms with E-state index in [0.29, 0.717) is 17.1 Å². The van der Waals surface area contributed by atoms with Crippen LogP contribution in [-0.2, 0) is 0 Å². The molecule has 2 aromatic rings. The summed E-state index contributed by atoms with van der Waals surface area (Å²) in [5.41, 5.74) is 0.966. The van der Waals surface area contributed by atoms with Crippen molar-refractivity contribution in [2.24, 2.45) is 0 Å². The SMILES string of the molecule is COc1cccnc1-c1ncccc1O. The highest BCUT2D eigenvalue weighted by atomic mass is 16.5. The van der Waals surface area contributed by atoms with E-state index in [4.69, 9.17) is 4.74 Å². The van der Waals surface area contributed by atoms with E-state index in [1.54, 1.807) is 43.8 Å². The van der Waals surface area contributed by atoms with Crippen LogP contribution in [0.1, 0.15) is 0 Å². The summed E-state index contributed by atoms with van der Waals surface area (Å²) in [5.74, 6) is 0.681. The number of pyridine rings is 2. The molecule has 76 valence electrons. The van der Waals surface area contributed by atoms with E-state index >= 15 is 0 Å². The van der Waals surface area contributed by atoms with Crippen molar-refractivity contribution < 1.29 is 9.84 Å². The van der Waals surface area contributed by atoms with Crippen LogP contribution in [0.15, 0.2) is 36.7 Å². The van der Waals surface area contributed by atoms with Crippen LogP contribution in [0.4, 0.5) is 0 Å².